The van der Waals surface area contributed by atoms with Crippen molar-refractivity contribution in [1.82, 2.24) is 0 Å². The Hall–Kier alpha value is -2.85. The van der Waals surface area contributed by atoms with Gasteiger partial charge in [0.1, 0.15) is 5.75 Å². The normalized spacial score (nSPS) is 11.5. The molecule has 0 spiro atoms. The van der Waals surface area contributed by atoms with Gasteiger partial charge in [0.15, 0.2) is 0 Å². The Morgan fingerprint density at radius 3 is 1.83 bits per heavy atom. The van der Waals surface area contributed by atoms with Crippen LogP contribution in [0.3, 0.4) is 0 Å². The first-order valence-electron chi connectivity index (χ1n) is 7.45. The summed E-state index contributed by atoms with van der Waals surface area (Å²) < 4.78 is 29.1. The zero-order valence-corrected chi connectivity index (χ0v) is 13.7. The van der Waals surface area contributed by atoms with Crippen molar-refractivity contribution in [1.29, 1.82) is 0 Å². The quantitative estimate of drug-likeness (QED) is 0.633. The minimum atomic E-state index is -3.79. The topological polar surface area (TPSA) is 43.4 Å². The molecule has 0 saturated carbocycles. The lowest BCUT2D eigenvalue weighted by molar-refractivity contribution is 0.497. The van der Waals surface area contributed by atoms with Crippen molar-refractivity contribution in [3.05, 3.63) is 95.9 Å². The summed E-state index contributed by atoms with van der Waals surface area (Å²) in [7, 11) is -3.79. The highest BCUT2D eigenvalue weighted by Crippen LogP contribution is 2.23. The van der Waals surface area contributed by atoms with Gasteiger partial charge in [-0.3, -0.25) is 0 Å². The van der Waals surface area contributed by atoms with E-state index in [1.807, 2.05) is 72.8 Å². The molecule has 0 radical (unpaired) electrons. The molecular weight excluding hydrogens is 320 g/mol. The predicted octanol–water partition coefficient (Wildman–Crippen LogP) is 4.73. The lowest BCUT2D eigenvalue weighted by Crippen LogP contribution is -2.04. The molecule has 3 nitrogen and oxygen atoms in total. The van der Waals surface area contributed by atoms with E-state index in [0.29, 0.717) is 0 Å². The van der Waals surface area contributed by atoms with Gasteiger partial charge in [0.2, 0.25) is 0 Å². The zero-order chi connectivity index (χ0) is 16.8. The van der Waals surface area contributed by atoms with Crippen LogP contribution in [0.1, 0.15) is 5.56 Å². The summed E-state index contributed by atoms with van der Waals surface area (Å²) in [5.41, 5.74) is 2.86. The molecular formula is C20H16O3S. The highest BCUT2D eigenvalue weighted by atomic mass is 32.2. The number of hydrogen-bond acceptors (Lipinski definition) is 3. The Bertz CT molecular complexity index is 914. The highest BCUT2D eigenvalue weighted by molar-refractivity contribution is 7.90. The van der Waals surface area contributed by atoms with Gasteiger partial charge in [-0.25, -0.2) is 0 Å². The monoisotopic (exact) mass is 336 g/mol. The van der Waals surface area contributed by atoms with Crippen LogP contribution in [-0.2, 0) is 10.1 Å². The number of benzene rings is 3. The summed E-state index contributed by atoms with van der Waals surface area (Å²) in [4.78, 5) is 0. The second-order valence-corrected chi connectivity index (χ2v) is 6.60. The van der Waals surface area contributed by atoms with Crippen LogP contribution in [0.15, 0.2) is 90.3 Å². The molecule has 0 bridgehead atoms. The first-order chi connectivity index (χ1) is 11.6. The van der Waals surface area contributed by atoms with Gasteiger partial charge >= 0.3 is 10.1 Å². The molecule has 0 saturated heterocycles. The van der Waals surface area contributed by atoms with Gasteiger partial charge in [-0.1, -0.05) is 72.8 Å². The van der Waals surface area contributed by atoms with Crippen LogP contribution < -0.4 is 4.18 Å². The SMILES string of the molecule is O=S(=O)(/C=C/c1ccccc1)Oc1ccc(-c2ccccc2)cc1. The van der Waals surface area contributed by atoms with Gasteiger partial charge < -0.3 is 4.18 Å². The largest absolute Gasteiger partial charge is 0.379 e. The van der Waals surface area contributed by atoms with Crippen LogP contribution in [-0.4, -0.2) is 8.42 Å². The van der Waals surface area contributed by atoms with E-state index in [1.165, 1.54) is 6.08 Å². The van der Waals surface area contributed by atoms with E-state index in [0.717, 1.165) is 22.1 Å². The molecule has 0 aliphatic carbocycles. The standard InChI is InChI=1S/C20H16O3S/c21-24(22,16-15-17-7-3-1-4-8-17)23-20-13-11-19(12-14-20)18-9-5-2-6-10-18/h1-16H/b16-15+. The molecule has 0 heterocycles. The molecule has 0 aromatic heterocycles. The lowest BCUT2D eigenvalue weighted by Gasteiger charge is -2.05. The van der Waals surface area contributed by atoms with Gasteiger partial charge in [-0.2, -0.15) is 8.42 Å². The van der Waals surface area contributed by atoms with Crippen molar-refractivity contribution in [2.24, 2.45) is 0 Å². The van der Waals surface area contributed by atoms with Crippen LogP contribution in [0.5, 0.6) is 5.75 Å². The molecule has 0 aliphatic heterocycles. The van der Waals surface area contributed by atoms with E-state index in [4.69, 9.17) is 4.18 Å². The third kappa shape index (κ3) is 4.33. The lowest BCUT2D eigenvalue weighted by atomic mass is 10.1. The van der Waals surface area contributed by atoms with Crippen molar-refractivity contribution in [2.45, 2.75) is 0 Å². The fourth-order valence-electron chi connectivity index (χ4n) is 2.22. The zero-order valence-electron chi connectivity index (χ0n) is 12.9. The minimum Gasteiger partial charge on any atom is -0.379 e. The van der Waals surface area contributed by atoms with Crippen LogP contribution in [0.4, 0.5) is 0 Å². The minimum absolute atomic E-state index is 0.285. The van der Waals surface area contributed by atoms with Crippen molar-refractivity contribution >= 4 is 16.2 Å². The van der Waals surface area contributed by atoms with E-state index in [2.05, 4.69) is 0 Å². The highest BCUT2D eigenvalue weighted by Gasteiger charge is 2.08. The van der Waals surface area contributed by atoms with Gasteiger partial charge in [-0.05, 0) is 34.9 Å². The molecule has 0 N–H and O–H groups in total. The van der Waals surface area contributed by atoms with Gasteiger partial charge in [0.05, 0.1) is 5.41 Å². The summed E-state index contributed by atoms with van der Waals surface area (Å²) in [5.74, 6) is 0.285. The van der Waals surface area contributed by atoms with E-state index in [1.54, 1.807) is 12.1 Å². The summed E-state index contributed by atoms with van der Waals surface area (Å²) in [6.45, 7) is 0. The van der Waals surface area contributed by atoms with E-state index in [9.17, 15) is 8.42 Å². The van der Waals surface area contributed by atoms with Crippen LogP contribution in [0.25, 0.3) is 17.2 Å². The van der Waals surface area contributed by atoms with E-state index < -0.39 is 10.1 Å². The molecule has 0 aliphatic rings. The molecule has 0 atom stereocenters. The van der Waals surface area contributed by atoms with E-state index >= 15 is 0 Å². The Kier molecular flexibility index (Phi) is 4.77. The molecule has 3 aromatic carbocycles. The van der Waals surface area contributed by atoms with Crippen LogP contribution >= 0.6 is 0 Å². The fourth-order valence-corrected chi connectivity index (χ4v) is 2.98. The second-order valence-electron chi connectivity index (χ2n) is 5.18. The maximum absolute atomic E-state index is 12.0. The van der Waals surface area contributed by atoms with Gasteiger partial charge in [0.25, 0.3) is 0 Å². The van der Waals surface area contributed by atoms with Crippen molar-refractivity contribution in [3.8, 4) is 16.9 Å². The first kappa shape index (κ1) is 16.0. The molecule has 4 heteroatoms. The number of hydrogen-bond donors (Lipinski definition) is 0. The molecule has 0 unspecified atom stereocenters. The van der Waals surface area contributed by atoms with Crippen molar-refractivity contribution < 1.29 is 12.6 Å². The molecule has 3 aromatic rings. The molecule has 3 rings (SSSR count). The van der Waals surface area contributed by atoms with Gasteiger partial charge in [0, 0.05) is 0 Å². The maximum Gasteiger partial charge on any atom is 0.332 e. The van der Waals surface area contributed by atoms with E-state index in [-0.39, 0.29) is 5.75 Å². The second kappa shape index (κ2) is 7.15. The third-order valence-electron chi connectivity index (χ3n) is 3.40. The smallest absolute Gasteiger partial charge is 0.332 e. The first-order valence-corrected chi connectivity index (χ1v) is 8.93. The molecule has 0 amide bonds. The van der Waals surface area contributed by atoms with Crippen molar-refractivity contribution in [2.75, 3.05) is 0 Å². The average Bonchev–Trinajstić information content (AvgIpc) is 2.62. The third-order valence-corrected chi connectivity index (χ3v) is 4.29. The predicted molar refractivity (Wildman–Crippen MR) is 96.9 cm³/mol. The van der Waals surface area contributed by atoms with Crippen molar-refractivity contribution in [3.63, 3.8) is 0 Å². The molecule has 24 heavy (non-hydrogen) atoms. The average molecular weight is 336 g/mol. The van der Waals surface area contributed by atoms with Crippen LogP contribution in [0.2, 0.25) is 0 Å². The van der Waals surface area contributed by atoms with Crippen LogP contribution in [0, 0.1) is 0 Å². The fraction of sp³-hybridized carbons (Fsp3) is 0. The summed E-state index contributed by atoms with van der Waals surface area (Å²) in [5, 5.41) is 1.06. The Labute approximate surface area is 142 Å². The summed E-state index contributed by atoms with van der Waals surface area (Å²) in [6, 6.07) is 26.0. The summed E-state index contributed by atoms with van der Waals surface area (Å²) in [6.07, 6.45) is 1.51. The summed E-state index contributed by atoms with van der Waals surface area (Å²) >= 11 is 0. The maximum atomic E-state index is 12.0. The Balaban J connectivity index is 1.72. The Morgan fingerprint density at radius 1 is 0.667 bits per heavy atom. The number of rotatable bonds is 5. The van der Waals surface area contributed by atoms with Gasteiger partial charge in [-0.15, -0.1) is 0 Å². The Morgan fingerprint density at radius 2 is 1.21 bits per heavy atom. The molecule has 120 valence electrons. The molecule has 0 fully saturated rings.